The highest BCUT2D eigenvalue weighted by atomic mass is 35.5. The van der Waals surface area contributed by atoms with E-state index in [0.29, 0.717) is 29.9 Å². The van der Waals surface area contributed by atoms with Crippen molar-refractivity contribution < 1.29 is 22.7 Å². The molecule has 0 radical (unpaired) electrons. The fourth-order valence-electron chi connectivity index (χ4n) is 2.70. The predicted octanol–water partition coefficient (Wildman–Crippen LogP) is 3.95. The van der Waals surface area contributed by atoms with E-state index >= 15 is 0 Å². The number of halogens is 1. The number of fused-ring (bicyclic) bond motifs is 1. The van der Waals surface area contributed by atoms with Crippen molar-refractivity contribution in [3.63, 3.8) is 0 Å². The van der Waals surface area contributed by atoms with Crippen molar-refractivity contribution in [2.75, 3.05) is 18.4 Å². The minimum Gasteiger partial charge on any atom is -0.478 e. The molecule has 0 aliphatic rings. The molecule has 0 aliphatic carbocycles. The number of rotatable bonds is 7. The van der Waals surface area contributed by atoms with Crippen molar-refractivity contribution in [3.05, 3.63) is 47.0 Å². The molecule has 3 rings (SSSR count). The molecule has 2 N–H and O–H groups in total. The number of sulfonamides is 1. The van der Waals surface area contributed by atoms with Crippen LogP contribution in [0.4, 0.5) is 11.7 Å². The molecule has 0 bridgehead atoms. The lowest BCUT2D eigenvalue weighted by atomic mass is 10.2. The fourth-order valence-corrected chi connectivity index (χ4v) is 4.35. The van der Waals surface area contributed by atoms with E-state index in [4.69, 9.17) is 21.1 Å². The summed E-state index contributed by atoms with van der Waals surface area (Å²) < 4.78 is 32.2. The topological polar surface area (TPSA) is 113 Å². The van der Waals surface area contributed by atoms with Crippen molar-refractivity contribution >= 4 is 50.4 Å². The Morgan fingerprint density at radius 2 is 1.93 bits per heavy atom. The van der Waals surface area contributed by atoms with Crippen molar-refractivity contribution in [2.24, 2.45) is 0 Å². The molecule has 0 fully saturated rings. The Kier molecular flexibility index (Phi) is 5.59. The van der Waals surface area contributed by atoms with Gasteiger partial charge in [-0.3, -0.25) is 0 Å². The van der Waals surface area contributed by atoms with Gasteiger partial charge in [0.15, 0.2) is 5.58 Å². The van der Waals surface area contributed by atoms with Crippen LogP contribution >= 0.6 is 11.6 Å². The second-order valence-corrected chi connectivity index (χ2v) is 8.21. The Morgan fingerprint density at radius 1 is 1.21 bits per heavy atom. The summed E-state index contributed by atoms with van der Waals surface area (Å²) in [5, 5.41) is 12.2. The van der Waals surface area contributed by atoms with Crippen molar-refractivity contribution in [1.82, 2.24) is 9.29 Å². The Morgan fingerprint density at radius 3 is 2.57 bits per heavy atom. The van der Waals surface area contributed by atoms with Gasteiger partial charge in [-0.1, -0.05) is 25.4 Å². The van der Waals surface area contributed by atoms with Crippen molar-refractivity contribution in [1.29, 1.82) is 0 Å². The summed E-state index contributed by atoms with van der Waals surface area (Å²) in [5.41, 5.74) is 1.09. The number of nitrogens with one attached hydrogen (secondary N) is 1. The van der Waals surface area contributed by atoms with E-state index in [1.54, 1.807) is 13.8 Å². The van der Waals surface area contributed by atoms with Gasteiger partial charge in [0.1, 0.15) is 5.52 Å². The zero-order chi connectivity index (χ0) is 20.5. The summed E-state index contributed by atoms with van der Waals surface area (Å²) >= 11 is 6.09. The number of carbonyl (C=O) groups is 1. The third-order valence-corrected chi connectivity index (χ3v) is 6.53. The molecular weight excluding hydrogens is 406 g/mol. The molecule has 0 spiro atoms. The van der Waals surface area contributed by atoms with Crippen LogP contribution < -0.4 is 5.32 Å². The zero-order valence-corrected chi connectivity index (χ0v) is 16.7. The van der Waals surface area contributed by atoms with Gasteiger partial charge < -0.3 is 14.8 Å². The van der Waals surface area contributed by atoms with Gasteiger partial charge in [-0.25, -0.2) is 13.2 Å². The van der Waals surface area contributed by atoms with E-state index in [1.807, 2.05) is 0 Å². The van der Waals surface area contributed by atoms with Crippen LogP contribution in [-0.4, -0.2) is 41.9 Å². The molecule has 3 aromatic rings. The summed E-state index contributed by atoms with van der Waals surface area (Å²) in [7, 11) is -3.62. The maximum Gasteiger partial charge on any atom is 0.335 e. The first-order valence-electron chi connectivity index (χ1n) is 8.46. The molecule has 2 aromatic carbocycles. The average Bonchev–Trinajstić information content (AvgIpc) is 3.05. The maximum absolute atomic E-state index is 12.7. The van der Waals surface area contributed by atoms with Gasteiger partial charge in [0.05, 0.1) is 21.2 Å². The van der Waals surface area contributed by atoms with E-state index in [2.05, 4.69) is 10.3 Å². The molecule has 1 aromatic heterocycles. The van der Waals surface area contributed by atoms with Crippen molar-refractivity contribution in [2.45, 2.75) is 18.7 Å². The first kappa shape index (κ1) is 20.1. The molecule has 8 nitrogen and oxygen atoms in total. The van der Waals surface area contributed by atoms with Crippen LogP contribution in [0.2, 0.25) is 5.02 Å². The summed E-state index contributed by atoms with van der Waals surface area (Å²) in [5.74, 6) is -1.09. The third kappa shape index (κ3) is 3.82. The normalized spacial score (nSPS) is 11.9. The number of oxazole rings is 1. The molecular formula is C18H18ClN3O5S. The molecule has 0 saturated carbocycles. The molecule has 28 heavy (non-hydrogen) atoms. The Labute approximate surface area is 166 Å². The lowest BCUT2D eigenvalue weighted by Crippen LogP contribution is -2.30. The van der Waals surface area contributed by atoms with Crippen LogP contribution in [0.25, 0.3) is 11.1 Å². The van der Waals surface area contributed by atoms with E-state index in [9.17, 15) is 13.2 Å². The summed E-state index contributed by atoms with van der Waals surface area (Å²) in [6.07, 6.45) is 0. The van der Waals surface area contributed by atoms with Crippen LogP contribution in [0.1, 0.15) is 24.2 Å². The minimum atomic E-state index is -3.62. The minimum absolute atomic E-state index is 0.0515. The van der Waals surface area contributed by atoms with E-state index in [-0.39, 0.29) is 21.5 Å². The molecule has 10 heteroatoms. The van der Waals surface area contributed by atoms with Crippen molar-refractivity contribution in [3.8, 4) is 0 Å². The number of benzene rings is 2. The quantitative estimate of drug-likeness (QED) is 0.591. The third-order valence-electron chi connectivity index (χ3n) is 4.16. The number of aromatic carboxylic acids is 1. The highest BCUT2D eigenvalue weighted by Gasteiger charge is 2.22. The average molecular weight is 424 g/mol. The summed E-state index contributed by atoms with van der Waals surface area (Å²) in [4.78, 5) is 15.5. The maximum atomic E-state index is 12.7. The van der Waals surface area contributed by atoms with Gasteiger partial charge in [-0.2, -0.15) is 9.29 Å². The molecule has 0 saturated heterocycles. The zero-order valence-electron chi connectivity index (χ0n) is 15.1. The number of aromatic nitrogens is 1. The fraction of sp³-hybridized carbons (Fsp3) is 0.222. The van der Waals surface area contributed by atoms with Gasteiger partial charge in [0.2, 0.25) is 10.0 Å². The Balaban J connectivity index is 1.96. The SMILES string of the molecule is CCN(CC)S(=O)(=O)c1ccc2oc(Nc3cc(C(=O)O)ccc3Cl)nc2c1. The largest absolute Gasteiger partial charge is 0.478 e. The van der Waals surface area contributed by atoms with Crippen LogP contribution in [-0.2, 0) is 10.0 Å². The van der Waals surface area contributed by atoms with Gasteiger partial charge in [-0.15, -0.1) is 0 Å². The smallest absolute Gasteiger partial charge is 0.335 e. The Hall–Kier alpha value is -2.62. The number of hydrogen-bond acceptors (Lipinski definition) is 6. The van der Waals surface area contributed by atoms with Gasteiger partial charge in [-0.05, 0) is 36.4 Å². The lowest BCUT2D eigenvalue weighted by Gasteiger charge is -2.18. The molecule has 0 amide bonds. The Bertz CT molecular complexity index is 1140. The monoisotopic (exact) mass is 423 g/mol. The number of hydrogen-bond donors (Lipinski definition) is 2. The molecule has 0 aliphatic heterocycles. The van der Waals surface area contributed by atoms with Crippen LogP contribution in [0.5, 0.6) is 0 Å². The second kappa shape index (κ2) is 7.78. The van der Waals surface area contributed by atoms with Crippen LogP contribution in [0, 0.1) is 0 Å². The van der Waals surface area contributed by atoms with E-state index in [0.717, 1.165) is 0 Å². The van der Waals surface area contributed by atoms with Gasteiger partial charge in [0, 0.05) is 13.1 Å². The standard InChI is InChI=1S/C18H18ClN3O5S/c1-3-22(4-2)28(25,26)12-6-8-16-15(10-12)21-18(27-16)20-14-9-11(17(23)24)5-7-13(14)19/h5-10H,3-4H2,1-2H3,(H,20,21)(H,23,24). The molecule has 0 atom stereocenters. The number of carboxylic acids is 1. The lowest BCUT2D eigenvalue weighted by molar-refractivity contribution is 0.0697. The first-order valence-corrected chi connectivity index (χ1v) is 10.3. The second-order valence-electron chi connectivity index (χ2n) is 5.86. The summed E-state index contributed by atoms with van der Waals surface area (Å²) in [6, 6.07) is 8.68. The summed E-state index contributed by atoms with van der Waals surface area (Å²) in [6.45, 7) is 4.27. The van der Waals surface area contributed by atoms with E-state index in [1.165, 1.54) is 40.7 Å². The predicted molar refractivity (Wildman–Crippen MR) is 106 cm³/mol. The van der Waals surface area contributed by atoms with Gasteiger partial charge in [0.25, 0.3) is 6.01 Å². The highest BCUT2D eigenvalue weighted by Crippen LogP contribution is 2.29. The molecule has 148 valence electrons. The number of nitrogens with zero attached hydrogens (tertiary/aromatic N) is 2. The highest BCUT2D eigenvalue weighted by molar-refractivity contribution is 7.89. The van der Waals surface area contributed by atoms with Crippen LogP contribution in [0.15, 0.2) is 45.7 Å². The van der Waals surface area contributed by atoms with Gasteiger partial charge >= 0.3 is 5.97 Å². The molecule has 0 unspecified atom stereocenters. The molecule has 1 heterocycles. The number of carboxylic acid groups (broad SMARTS) is 1. The first-order chi connectivity index (χ1) is 13.3. The number of anilines is 2. The van der Waals surface area contributed by atoms with Crippen LogP contribution in [0.3, 0.4) is 0 Å². The van der Waals surface area contributed by atoms with E-state index < -0.39 is 16.0 Å².